The molecule has 1 aromatic heterocycles. The van der Waals surface area contributed by atoms with Crippen LogP contribution in [0, 0.1) is 13.8 Å². The Morgan fingerprint density at radius 2 is 1.81 bits per heavy atom. The first kappa shape index (κ1) is 24.1. The standard InChI is InChI=1S/C25H40N6O/c1-19-16-22(21(3)31(19)23-8-10-24(32-7)11-9-23)18-29(6)25(26-4)27-17-20(2)30-14-12-28(5)13-15-30/h8-11,16,20H,12-15,17-18H2,1-7H3,(H,26,27). The lowest BCUT2D eigenvalue weighted by Gasteiger charge is -2.37. The second-order valence-electron chi connectivity index (χ2n) is 8.90. The zero-order chi connectivity index (χ0) is 23.3. The Hall–Kier alpha value is -2.51. The van der Waals surface area contributed by atoms with Crippen molar-refractivity contribution >= 4 is 5.96 Å². The summed E-state index contributed by atoms with van der Waals surface area (Å²) in [5, 5.41) is 3.58. The number of hydrogen-bond acceptors (Lipinski definition) is 4. The molecule has 32 heavy (non-hydrogen) atoms. The Balaban J connectivity index is 1.63. The third kappa shape index (κ3) is 5.64. The van der Waals surface area contributed by atoms with Crippen molar-refractivity contribution < 1.29 is 4.74 Å². The van der Waals surface area contributed by atoms with E-state index in [1.807, 2.05) is 19.2 Å². The van der Waals surface area contributed by atoms with Crippen LogP contribution < -0.4 is 10.1 Å². The lowest BCUT2D eigenvalue weighted by atomic mass is 10.2. The molecule has 1 unspecified atom stereocenters. The smallest absolute Gasteiger partial charge is 0.193 e. The molecule has 176 valence electrons. The van der Waals surface area contributed by atoms with Crippen LogP contribution in [0.15, 0.2) is 35.3 Å². The van der Waals surface area contributed by atoms with E-state index >= 15 is 0 Å². The Morgan fingerprint density at radius 1 is 1.16 bits per heavy atom. The summed E-state index contributed by atoms with van der Waals surface area (Å²) in [7, 11) is 7.86. The van der Waals surface area contributed by atoms with Crippen LogP contribution in [0.5, 0.6) is 5.75 Å². The van der Waals surface area contributed by atoms with Gasteiger partial charge >= 0.3 is 0 Å². The Labute approximate surface area is 193 Å². The molecule has 0 spiro atoms. The van der Waals surface area contributed by atoms with Crippen molar-refractivity contribution in [3.63, 3.8) is 0 Å². The average molecular weight is 441 g/mol. The van der Waals surface area contributed by atoms with Crippen molar-refractivity contribution in [1.29, 1.82) is 0 Å². The van der Waals surface area contributed by atoms with E-state index in [1.165, 1.54) is 17.0 Å². The van der Waals surface area contributed by atoms with E-state index in [4.69, 9.17) is 4.74 Å². The number of likely N-dealkylation sites (N-methyl/N-ethyl adjacent to an activating group) is 1. The number of methoxy groups -OCH3 is 1. The number of aryl methyl sites for hydroxylation is 1. The van der Waals surface area contributed by atoms with Gasteiger partial charge in [0, 0.05) is 76.5 Å². The third-order valence-electron chi connectivity index (χ3n) is 6.56. The van der Waals surface area contributed by atoms with Gasteiger partial charge in [-0.05, 0) is 63.7 Å². The van der Waals surface area contributed by atoms with Gasteiger partial charge in [-0.2, -0.15) is 0 Å². The van der Waals surface area contributed by atoms with Crippen molar-refractivity contribution in [1.82, 2.24) is 24.6 Å². The summed E-state index contributed by atoms with van der Waals surface area (Å²) in [5.41, 5.74) is 4.93. The van der Waals surface area contributed by atoms with Crippen LogP contribution in [0.25, 0.3) is 5.69 Å². The molecule has 0 aliphatic carbocycles. The van der Waals surface area contributed by atoms with E-state index < -0.39 is 0 Å². The highest BCUT2D eigenvalue weighted by atomic mass is 16.5. The molecule has 1 aliphatic heterocycles. The minimum Gasteiger partial charge on any atom is -0.497 e. The summed E-state index contributed by atoms with van der Waals surface area (Å²) in [6.07, 6.45) is 0. The normalized spacial score (nSPS) is 16.8. The molecule has 0 bridgehead atoms. The minimum absolute atomic E-state index is 0.481. The predicted octanol–water partition coefficient (Wildman–Crippen LogP) is 2.75. The molecule has 2 aromatic rings. The van der Waals surface area contributed by atoms with Crippen LogP contribution in [0.3, 0.4) is 0 Å². The Kier molecular flexibility index (Phi) is 8.21. The van der Waals surface area contributed by atoms with Crippen LogP contribution in [0.1, 0.15) is 23.9 Å². The van der Waals surface area contributed by atoms with Crippen molar-refractivity contribution in [3.8, 4) is 11.4 Å². The van der Waals surface area contributed by atoms with Gasteiger partial charge in [-0.3, -0.25) is 9.89 Å². The molecular formula is C25H40N6O. The predicted molar refractivity (Wildman–Crippen MR) is 133 cm³/mol. The number of nitrogens with zero attached hydrogens (tertiary/aromatic N) is 5. The molecule has 0 radical (unpaired) electrons. The van der Waals surface area contributed by atoms with Crippen LogP contribution in [-0.2, 0) is 6.54 Å². The van der Waals surface area contributed by atoms with E-state index in [0.29, 0.717) is 6.04 Å². The molecule has 1 fully saturated rings. The monoisotopic (exact) mass is 440 g/mol. The zero-order valence-corrected chi connectivity index (χ0v) is 20.9. The summed E-state index contributed by atoms with van der Waals surface area (Å²) in [6.45, 7) is 12.9. The third-order valence-corrected chi connectivity index (χ3v) is 6.56. The number of rotatable bonds is 7. The van der Waals surface area contributed by atoms with Gasteiger partial charge in [0.2, 0.25) is 0 Å². The topological polar surface area (TPSA) is 48.3 Å². The highest BCUT2D eigenvalue weighted by Crippen LogP contribution is 2.23. The molecule has 1 atom stereocenters. The number of piperazine rings is 1. The summed E-state index contributed by atoms with van der Waals surface area (Å²) < 4.78 is 7.60. The molecule has 0 saturated carbocycles. The molecule has 1 N–H and O–H groups in total. The van der Waals surface area contributed by atoms with Crippen LogP contribution >= 0.6 is 0 Å². The maximum atomic E-state index is 5.30. The summed E-state index contributed by atoms with van der Waals surface area (Å²) >= 11 is 0. The first-order valence-electron chi connectivity index (χ1n) is 11.5. The van der Waals surface area contributed by atoms with Crippen LogP contribution in [0.2, 0.25) is 0 Å². The summed E-state index contributed by atoms with van der Waals surface area (Å²) in [4.78, 5) is 11.7. The number of guanidine groups is 1. The first-order valence-corrected chi connectivity index (χ1v) is 11.5. The molecule has 2 heterocycles. The number of benzene rings is 1. The van der Waals surface area contributed by atoms with E-state index in [1.54, 1.807) is 7.11 Å². The molecule has 7 nitrogen and oxygen atoms in total. The number of aliphatic imine (C=N–C) groups is 1. The zero-order valence-electron chi connectivity index (χ0n) is 20.9. The molecule has 1 aromatic carbocycles. The number of aromatic nitrogens is 1. The highest BCUT2D eigenvalue weighted by molar-refractivity contribution is 5.79. The van der Waals surface area contributed by atoms with Crippen molar-refractivity contribution in [2.24, 2.45) is 4.99 Å². The first-order chi connectivity index (χ1) is 15.3. The van der Waals surface area contributed by atoms with Gasteiger partial charge in [0.25, 0.3) is 0 Å². The van der Waals surface area contributed by atoms with Gasteiger partial charge in [0.15, 0.2) is 5.96 Å². The van der Waals surface area contributed by atoms with Gasteiger partial charge in [0.05, 0.1) is 7.11 Å². The maximum absolute atomic E-state index is 5.30. The fourth-order valence-electron chi connectivity index (χ4n) is 4.46. The number of ether oxygens (including phenoxy) is 1. The molecular weight excluding hydrogens is 400 g/mol. The van der Waals surface area contributed by atoms with Crippen LogP contribution in [0.4, 0.5) is 0 Å². The van der Waals surface area contributed by atoms with E-state index in [2.05, 4.69) is 82.6 Å². The fourth-order valence-corrected chi connectivity index (χ4v) is 4.46. The van der Waals surface area contributed by atoms with E-state index in [9.17, 15) is 0 Å². The second kappa shape index (κ2) is 10.9. The molecule has 1 aliphatic rings. The quantitative estimate of drug-likeness (QED) is 0.530. The van der Waals surface area contributed by atoms with Gasteiger partial charge < -0.3 is 24.4 Å². The van der Waals surface area contributed by atoms with Crippen LogP contribution in [-0.4, -0.2) is 92.2 Å². The molecule has 1 saturated heterocycles. The van der Waals surface area contributed by atoms with E-state index in [0.717, 1.165) is 56.7 Å². The number of hydrogen-bond donors (Lipinski definition) is 1. The summed E-state index contributed by atoms with van der Waals surface area (Å²) in [5.74, 6) is 1.80. The van der Waals surface area contributed by atoms with E-state index in [-0.39, 0.29) is 0 Å². The molecule has 3 rings (SSSR count). The fraction of sp³-hybridized carbons (Fsp3) is 0.560. The minimum atomic E-state index is 0.481. The van der Waals surface area contributed by atoms with Gasteiger partial charge in [-0.25, -0.2) is 0 Å². The molecule has 7 heteroatoms. The highest BCUT2D eigenvalue weighted by Gasteiger charge is 2.20. The second-order valence-corrected chi connectivity index (χ2v) is 8.90. The SMILES string of the molecule is CN=C(NCC(C)N1CCN(C)CC1)N(C)Cc1cc(C)n(-c2ccc(OC)cc2)c1C. The van der Waals surface area contributed by atoms with Gasteiger partial charge in [-0.1, -0.05) is 0 Å². The number of nitrogens with one attached hydrogen (secondary N) is 1. The maximum Gasteiger partial charge on any atom is 0.193 e. The van der Waals surface area contributed by atoms with Gasteiger partial charge in [-0.15, -0.1) is 0 Å². The van der Waals surface area contributed by atoms with Gasteiger partial charge in [0.1, 0.15) is 5.75 Å². The Morgan fingerprint density at radius 3 is 2.41 bits per heavy atom. The van der Waals surface area contributed by atoms with Crippen molar-refractivity contribution in [2.45, 2.75) is 33.4 Å². The van der Waals surface area contributed by atoms with Crippen molar-refractivity contribution in [2.75, 3.05) is 61.0 Å². The lowest BCUT2D eigenvalue weighted by molar-refractivity contribution is 0.119. The lowest BCUT2D eigenvalue weighted by Crippen LogP contribution is -2.52. The largest absolute Gasteiger partial charge is 0.497 e. The molecule has 0 amide bonds. The van der Waals surface area contributed by atoms with Crippen molar-refractivity contribution in [3.05, 3.63) is 47.3 Å². The summed E-state index contributed by atoms with van der Waals surface area (Å²) in [6, 6.07) is 11.0. The average Bonchev–Trinajstić information content (AvgIpc) is 3.07. The Bertz CT molecular complexity index is 896.